The summed E-state index contributed by atoms with van der Waals surface area (Å²) in [6, 6.07) is 3.84. The van der Waals surface area contributed by atoms with Crippen LogP contribution >= 0.6 is 35.0 Å². The number of rotatable bonds is 8. The third-order valence-electron chi connectivity index (χ3n) is 4.75. The van der Waals surface area contributed by atoms with E-state index in [4.69, 9.17) is 23.2 Å². The lowest BCUT2D eigenvalue weighted by atomic mass is 10.2. The number of piperazine rings is 1. The zero-order valence-corrected chi connectivity index (χ0v) is 19.5. The van der Waals surface area contributed by atoms with E-state index in [2.05, 4.69) is 23.5 Å². The lowest BCUT2D eigenvalue weighted by Crippen LogP contribution is -2.56. The molecule has 1 aliphatic rings. The standard InChI is InChI=1S/C18H27Cl2N3O3S2/c1-13(2)22-7-9-23(10-8-22)18(24)16(6-11-27-3)21-28(25,26)17-12-14(19)4-5-15(17)20/h4-5,12-13,16,21H,6-11H2,1-3H3. The highest BCUT2D eigenvalue weighted by molar-refractivity contribution is 7.98. The Morgan fingerprint density at radius 3 is 2.43 bits per heavy atom. The summed E-state index contributed by atoms with van der Waals surface area (Å²) < 4.78 is 28.3. The van der Waals surface area contributed by atoms with Crippen LogP contribution in [0.4, 0.5) is 0 Å². The van der Waals surface area contributed by atoms with E-state index >= 15 is 0 Å². The molecule has 0 aliphatic carbocycles. The van der Waals surface area contributed by atoms with E-state index in [1.54, 1.807) is 16.7 Å². The lowest BCUT2D eigenvalue weighted by Gasteiger charge is -2.38. The van der Waals surface area contributed by atoms with Gasteiger partial charge < -0.3 is 4.90 Å². The molecule has 0 bridgehead atoms. The molecule has 1 fully saturated rings. The van der Waals surface area contributed by atoms with Crippen molar-refractivity contribution in [3.05, 3.63) is 28.2 Å². The highest BCUT2D eigenvalue weighted by Gasteiger charge is 2.32. The van der Waals surface area contributed by atoms with Crippen LogP contribution in [0.15, 0.2) is 23.1 Å². The van der Waals surface area contributed by atoms with Crippen LogP contribution < -0.4 is 4.72 Å². The average Bonchev–Trinajstić information content (AvgIpc) is 2.66. The summed E-state index contributed by atoms with van der Waals surface area (Å²) >= 11 is 13.6. The van der Waals surface area contributed by atoms with Gasteiger partial charge in [0.2, 0.25) is 15.9 Å². The first kappa shape index (κ1) is 23.8. The van der Waals surface area contributed by atoms with E-state index in [1.165, 1.54) is 18.2 Å². The van der Waals surface area contributed by atoms with Gasteiger partial charge in [-0.05, 0) is 50.5 Å². The van der Waals surface area contributed by atoms with Crippen LogP contribution in [0.25, 0.3) is 0 Å². The zero-order valence-electron chi connectivity index (χ0n) is 16.3. The molecule has 1 aliphatic heterocycles. The summed E-state index contributed by atoms with van der Waals surface area (Å²) in [5.74, 6) is 0.466. The quantitative estimate of drug-likeness (QED) is 0.636. The maximum atomic E-state index is 13.1. The van der Waals surface area contributed by atoms with Gasteiger partial charge in [-0.3, -0.25) is 9.69 Å². The topological polar surface area (TPSA) is 69.7 Å². The summed E-state index contributed by atoms with van der Waals surface area (Å²) in [6.07, 6.45) is 2.33. The second-order valence-electron chi connectivity index (χ2n) is 6.99. The van der Waals surface area contributed by atoms with Crippen LogP contribution in [0.3, 0.4) is 0 Å². The normalized spacial score (nSPS) is 17.1. The maximum Gasteiger partial charge on any atom is 0.242 e. The number of nitrogens with one attached hydrogen (secondary N) is 1. The monoisotopic (exact) mass is 467 g/mol. The van der Waals surface area contributed by atoms with Gasteiger partial charge in [0.05, 0.1) is 5.02 Å². The van der Waals surface area contributed by atoms with Crippen LogP contribution in [0.2, 0.25) is 10.0 Å². The number of amides is 1. The van der Waals surface area contributed by atoms with Crippen molar-refractivity contribution < 1.29 is 13.2 Å². The molecule has 1 heterocycles. The number of carbonyl (C=O) groups is 1. The van der Waals surface area contributed by atoms with Gasteiger partial charge >= 0.3 is 0 Å². The van der Waals surface area contributed by atoms with Crippen LogP contribution in [0.1, 0.15) is 20.3 Å². The first-order valence-electron chi connectivity index (χ1n) is 9.15. The van der Waals surface area contributed by atoms with E-state index in [1.807, 2.05) is 6.26 Å². The number of carbonyl (C=O) groups excluding carboxylic acids is 1. The number of sulfonamides is 1. The highest BCUT2D eigenvalue weighted by atomic mass is 35.5. The van der Waals surface area contributed by atoms with Gasteiger partial charge in [0.25, 0.3) is 0 Å². The van der Waals surface area contributed by atoms with Crippen molar-refractivity contribution in [1.82, 2.24) is 14.5 Å². The van der Waals surface area contributed by atoms with Crippen molar-refractivity contribution >= 4 is 50.9 Å². The second kappa shape index (κ2) is 10.5. The molecule has 10 heteroatoms. The van der Waals surface area contributed by atoms with Gasteiger partial charge in [-0.15, -0.1) is 0 Å². The molecular weight excluding hydrogens is 441 g/mol. The molecule has 0 aromatic heterocycles. The van der Waals surface area contributed by atoms with Gasteiger partial charge in [0.15, 0.2) is 0 Å². The van der Waals surface area contributed by atoms with Crippen LogP contribution in [0, 0.1) is 0 Å². The predicted octanol–water partition coefficient (Wildman–Crippen LogP) is 2.95. The third-order valence-corrected chi connectivity index (χ3v) is 7.58. The molecule has 1 amide bonds. The Labute approximate surface area is 182 Å². The molecule has 6 nitrogen and oxygen atoms in total. The van der Waals surface area contributed by atoms with E-state index < -0.39 is 16.1 Å². The first-order chi connectivity index (χ1) is 13.2. The lowest BCUT2D eigenvalue weighted by molar-refractivity contribution is -0.135. The van der Waals surface area contributed by atoms with Gasteiger partial charge in [-0.1, -0.05) is 23.2 Å². The van der Waals surface area contributed by atoms with Crippen molar-refractivity contribution in [2.24, 2.45) is 0 Å². The third kappa shape index (κ3) is 6.24. The molecule has 2 rings (SSSR count). The van der Waals surface area contributed by atoms with Crippen molar-refractivity contribution in [1.29, 1.82) is 0 Å². The molecule has 0 spiro atoms. The Morgan fingerprint density at radius 2 is 1.86 bits per heavy atom. The molecule has 1 unspecified atom stereocenters. The highest BCUT2D eigenvalue weighted by Crippen LogP contribution is 2.25. The summed E-state index contributed by atoms with van der Waals surface area (Å²) in [4.78, 5) is 17.0. The molecule has 0 radical (unpaired) electrons. The van der Waals surface area contributed by atoms with Gasteiger partial charge in [0.1, 0.15) is 10.9 Å². The summed E-state index contributed by atoms with van der Waals surface area (Å²) in [5.41, 5.74) is 0. The van der Waals surface area contributed by atoms with E-state index in [9.17, 15) is 13.2 Å². The van der Waals surface area contributed by atoms with Gasteiger partial charge in [-0.25, -0.2) is 8.42 Å². The van der Waals surface area contributed by atoms with Gasteiger partial charge in [0, 0.05) is 37.2 Å². The minimum atomic E-state index is -3.98. The van der Waals surface area contributed by atoms with E-state index in [0.29, 0.717) is 31.3 Å². The Bertz CT molecular complexity index is 782. The Balaban J connectivity index is 2.16. The number of hydrogen-bond donors (Lipinski definition) is 1. The number of halogens is 2. The molecule has 1 saturated heterocycles. The molecule has 1 atom stereocenters. The number of thioether (sulfide) groups is 1. The van der Waals surface area contributed by atoms with Crippen molar-refractivity contribution in [3.63, 3.8) is 0 Å². The number of hydrogen-bond acceptors (Lipinski definition) is 5. The average molecular weight is 468 g/mol. The zero-order chi connectivity index (χ0) is 20.9. The van der Waals surface area contributed by atoms with Crippen LogP contribution in [0.5, 0.6) is 0 Å². The Morgan fingerprint density at radius 1 is 1.21 bits per heavy atom. The predicted molar refractivity (Wildman–Crippen MR) is 117 cm³/mol. The fourth-order valence-electron chi connectivity index (χ4n) is 3.08. The number of nitrogens with zero attached hydrogens (tertiary/aromatic N) is 2. The summed E-state index contributed by atoms with van der Waals surface area (Å²) in [5, 5.41) is 0.333. The van der Waals surface area contributed by atoms with Crippen LogP contribution in [-0.2, 0) is 14.8 Å². The van der Waals surface area contributed by atoms with Crippen molar-refractivity contribution in [3.8, 4) is 0 Å². The molecule has 158 valence electrons. The smallest absolute Gasteiger partial charge is 0.242 e. The minimum absolute atomic E-state index is 0.0681. The van der Waals surface area contributed by atoms with Gasteiger partial charge in [-0.2, -0.15) is 16.5 Å². The SMILES string of the molecule is CSCCC(NS(=O)(=O)c1cc(Cl)ccc1Cl)C(=O)N1CCN(C(C)C)CC1. The number of benzene rings is 1. The van der Waals surface area contributed by atoms with Crippen LogP contribution in [-0.4, -0.2) is 74.4 Å². The van der Waals surface area contributed by atoms with E-state index in [0.717, 1.165) is 13.1 Å². The molecule has 1 aromatic rings. The maximum absolute atomic E-state index is 13.1. The van der Waals surface area contributed by atoms with Crippen molar-refractivity contribution in [2.75, 3.05) is 38.2 Å². The second-order valence-corrected chi connectivity index (χ2v) is 10.5. The first-order valence-corrected chi connectivity index (χ1v) is 12.8. The largest absolute Gasteiger partial charge is 0.339 e. The summed E-state index contributed by atoms with van der Waals surface area (Å²) in [6.45, 7) is 7.00. The minimum Gasteiger partial charge on any atom is -0.339 e. The van der Waals surface area contributed by atoms with Crippen molar-refractivity contribution in [2.45, 2.75) is 37.2 Å². The molecule has 28 heavy (non-hydrogen) atoms. The Kier molecular flexibility index (Phi) is 8.91. The summed E-state index contributed by atoms with van der Waals surface area (Å²) in [7, 11) is -3.98. The molecular formula is C18H27Cl2N3O3S2. The molecule has 1 N–H and O–H groups in total. The fraction of sp³-hybridized carbons (Fsp3) is 0.611. The fourth-order valence-corrected chi connectivity index (χ4v) is 5.54. The molecule has 1 aromatic carbocycles. The molecule has 0 saturated carbocycles. The Hall–Kier alpha value is -0.510. The van der Waals surface area contributed by atoms with E-state index in [-0.39, 0.29) is 20.8 Å².